The van der Waals surface area contributed by atoms with Gasteiger partial charge in [-0.15, -0.1) is 0 Å². The standard InChI is InChI=1S/C29H38N4O4/c1-6-36-24(34)16-20-8-10-23-21(15-20)29(11-13-32(14-12-29)27(35)37-28(3,4)5)17-33(23)26-25-19(2)7-9-22(25)30-18-31-26/h8,10,15,18-19H,6-7,9,11-14,16-17H2,1-5H3. The molecule has 1 amide bonds. The molecule has 1 saturated heterocycles. The molecule has 1 fully saturated rings. The van der Waals surface area contributed by atoms with Crippen LogP contribution in [0.1, 0.15) is 82.2 Å². The summed E-state index contributed by atoms with van der Waals surface area (Å²) in [5.74, 6) is 1.21. The summed E-state index contributed by atoms with van der Waals surface area (Å²) in [4.78, 5) is 38.6. The number of aryl methyl sites for hydroxylation is 1. The Bertz CT molecular complexity index is 1200. The first-order chi connectivity index (χ1) is 17.6. The van der Waals surface area contributed by atoms with E-state index in [1.165, 1.54) is 11.1 Å². The van der Waals surface area contributed by atoms with Gasteiger partial charge in [-0.1, -0.05) is 19.1 Å². The largest absolute Gasteiger partial charge is 0.466 e. The number of benzene rings is 1. The second-order valence-electron chi connectivity index (χ2n) is 11.7. The number of hydrogen-bond acceptors (Lipinski definition) is 7. The number of esters is 1. The molecule has 3 aliphatic rings. The molecule has 1 unspecified atom stereocenters. The lowest BCUT2D eigenvalue weighted by atomic mass is 9.74. The number of aromatic nitrogens is 2. The van der Waals surface area contributed by atoms with Crippen LogP contribution in [0.25, 0.3) is 0 Å². The van der Waals surface area contributed by atoms with E-state index in [9.17, 15) is 9.59 Å². The highest BCUT2D eigenvalue weighted by atomic mass is 16.6. The summed E-state index contributed by atoms with van der Waals surface area (Å²) in [7, 11) is 0. The highest BCUT2D eigenvalue weighted by Gasteiger charge is 2.47. The van der Waals surface area contributed by atoms with Crippen molar-refractivity contribution in [3.8, 4) is 0 Å². The molecule has 1 atom stereocenters. The fourth-order valence-electron chi connectivity index (χ4n) is 6.10. The molecule has 2 aromatic rings. The van der Waals surface area contributed by atoms with E-state index in [0.717, 1.165) is 55.0 Å². The summed E-state index contributed by atoms with van der Waals surface area (Å²) in [6, 6.07) is 6.34. The van der Waals surface area contributed by atoms with Crippen LogP contribution in [-0.4, -0.2) is 58.8 Å². The lowest BCUT2D eigenvalue weighted by Crippen LogP contribution is -2.48. The maximum Gasteiger partial charge on any atom is 0.410 e. The molecule has 0 bridgehead atoms. The predicted molar refractivity (Wildman–Crippen MR) is 141 cm³/mol. The Balaban J connectivity index is 1.48. The van der Waals surface area contributed by atoms with Gasteiger partial charge in [-0.05, 0) is 76.5 Å². The zero-order valence-corrected chi connectivity index (χ0v) is 22.7. The predicted octanol–water partition coefficient (Wildman–Crippen LogP) is 5.05. The highest BCUT2D eigenvalue weighted by molar-refractivity contribution is 5.77. The van der Waals surface area contributed by atoms with Gasteiger partial charge < -0.3 is 19.3 Å². The van der Waals surface area contributed by atoms with E-state index in [4.69, 9.17) is 14.5 Å². The van der Waals surface area contributed by atoms with Crippen molar-refractivity contribution < 1.29 is 19.1 Å². The molecule has 8 heteroatoms. The lowest BCUT2D eigenvalue weighted by molar-refractivity contribution is -0.142. The van der Waals surface area contributed by atoms with Gasteiger partial charge >= 0.3 is 12.1 Å². The summed E-state index contributed by atoms with van der Waals surface area (Å²) in [6.45, 7) is 12.2. The first-order valence-corrected chi connectivity index (χ1v) is 13.5. The summed E-state index contributed by atoms with van der Waals surface area (Å²) < 4.78 is 10.9. The van der Waals surface area contributed by atoms with Gasteiger partial charge in [0.15, 0.2) is 0 Å². The second kappa shape index (κ2) is 9.62. The van der Waals surface area contributed by atoms with Crippen LogP contribution in [0.3, 0.4) is 0 Å². The first-order valence-electron chi connectivity index (χ1n) is 13.5. The van der Waals surface area contributed by atoms with Crippen LogP contribution in [0.4, 0.5) is 16.3 Å². The van der Waals surface area contributed by atoms with E-state index in [0.29, 0.717) is 25.6 Å². The first kappa shape index (κ1) is 25.5. The third kappa shape index (κ3) is 4.90. The second-order valence-corrected chi connectivity index (χ2v) is 11.7. The molecule has 3 heterocycles. The molecule has 1 aromatic carbocycles. The van der Waals surface area contributed by atoms with Crippen molar-refractivity contribution in [2.75, 3.05) is 31.1 Å². The number of anilines is 2. The van der Waals surface area contributed by atoms with Crippen molar-refractivity contribution in [1.29, 1.82) is 0 Å². The number of rotatable bonds is 4. The van der Waals surface area contributed by atoms with Crippen molar-refractivity contribution in [1.82, 2.24) is 14.9 Å². The quantitative estimate of drug-likeness (QED) is 0.536. The molecule has 0 saturated carbocycles. The topological polar surface area (TPSA) is 84.9 Å². The normalized spacial score (nSPS) is 20.1. The smallest absolute Gasteiger partial charge is 0.410 e. The van der Waals surface area contributed by atoms with Gasteiger partial charge in [0.25, 0.3) is 0 Å². The summed E-state index contributed by atoms with van der Waals surface area (Å²) in [5.41, 5.74) is 5.07. The number of amides is 1. The van der Waals surface area contributed by atoms with Crippen LogP contribution in [0.5, 0.6) is 0 Å². The van der Waals surface area contributed by atoms with E-state index in [1.807, 2.05) is 38.7 Å². The zero-order chi connectivity index (χ0) is 26.4. The molecule has 0 N–H and O–H groups in total. The fourth-order valence-corrected chi connectivity index (χ4v) is 6.10. The van der Waals surface area contributed by atoms with Crippen molar-refractivity contribution in [3.63, 3.8) is 0 Å². The van der Waals surface area contributed by atoms with Crippen LogP contribution < -0.4 is 4.90 Å². The van der Waals surface area contributed by atoms with Gasteiger partial charge in [-0.2, -0.15) is 0 Å². The minimum atomic E-state index is -0.519. The molecule has 5 rings (SSSR count). The SMILES string of the molecule is CCOC(=O)Cc1ccc2c(c1)C1(CCN(C(=O)OC(C)(C)C)CC1)CN2c1ncnc2c1C(C)CC2. The van der Waals surface area contributed by atoms with Crippen molar-refractivity contribution in [2.45, 2.75) is 83.7 Å². The molecule has 198 valence electrons. The number of piperidine rings is 1. The minimum absolute atomic E-state index is 0.141. The number of nitrogens with zero attached hydrogens (tertiary/aromatic N) is 4. The van der Waals surface area contributed by atoms with Crippen LogP contribution in [0, 0.1) is 0 Å². The van der Waals surface area contributed by atoms with Crippen LogP contribution >= 0.6 is 0 Å². The number of carbonyl (C=O) groups excluding carboxylic acids is 2. The van der Waals surface area contributed by atoms with Crippen LogP contribution in [0.2, 0.25) is 0 Å². The Morgan fingerprint density at radius 1 is 1.16 bits per heavy atom. The Hall–Kier alpha value is -3.16. The number of carbonyl (C=O) groups is 2. The third-order valence-electron chi connectivity index (χ3n) is 7.92. The number of hydrogen-bond donors (Lipinski definition) is 0. The van der Waals surface area contributed by atoms with Crippen molar-refractivity contribution >= 4 is 23.6 Å². The van der Waals surface area contributed by atoms with Gasteiger partial charge in [0, 0.05) is 42.0 Å². The molecule has 2 aliphatic heterocycles. The summed E-state index contributed by atoms with van der Waals surface area (Å²) >= 11 is 0. The number of ether oxygens (including phenoxy) is 2. The lowest BCUT2D eigenvalue weighted by Gasteiger charge is -2.40. The van der Waals surface area contributed by atoms with Crippen LogP contribution in [-0.2, 0) is 32.5 Å². The molecule has 37 heavy (non-hydrogen) atoms. The highest BCUT2D eigenvalue weighted by Crippen LogP contribution is 2.51. The number of likely N-dealkylation sites (tertiary alicyclic amines) is 1. The van der Waals surface area contributed by atoms with E-state index < -0.39 is 5.60 Å². The molecule has 1 spiro atoms. The average Bonchev–Trinajstić information content (AvgIpc) is 3.37. The van der Waals surface area contributed by atoms with Gasteiger partial charge in [0.2, 0.25) is 0 Å². The van der Waals surface area contributed by atoms with Crippen molar-refractivity contribution in [3.05, 3.63) is 46.9 Å². The van der Waals surface area contributed by atoms with Gasteiger partial charge in [0.05, 0.1) is 13.0 Å². The molecule has 8 nitrogen and oxygen atoms in total. The monoisotopic (exact) mass is 506 g/mol. The number of fused-ring (bicyclic) bond motifs is 3. The van der Waals surface area contributed by atoms with Crippen LogP contribution in [0.15, 0.2) is 24.5 Å². The molecule has 1 aromatic heterocycles. The molecule has 1 aliphatic carbocycles. The summed E-state index contributed by atoms with van der Waals surface area (Å²) in [6.07, 6.45) is 5.41. The van der Waals surface area contributed by atoms with Gasteiger partial charge in [0.1, 0.15) is 17.7 Å². The zero-order valence-electron chi connectivity index (χ0n) is 22.7. The van der Waals surface area contributed by atoms with Gasteiger partial charge in [-0.3, -0.25) is 4.79 Å². The molecular weight excluding hydrogens is 468 g/mol. The minimum Gasteiger partial charge on any atom is -0.466 e. The Kier molecular flexibility index (Phi) is 6.62. The third-order valence-corrected chi connectivity index (χ3v) is 7.92. The summed E-state index contributed by atoms with van der Waals surface area (Å²) in [5, 5.41) is 0. The fraction of sp³-hybridized carbons (Fsp3) is 0.586. The van der Waals surface area contributed by atoms with E-state index >= 15 is 0 Å². The van der Waals surface area contributed by atoms with Gasteiger partial charge in [-0.25, -0.2) is 14.8 Å². The maximum absolute atomic E-state index is 12.8. The molecular formula is C29H38N4O4. The molecule has 0 radical (unpaired) electrons. The maximum atomic E-state index is 12.8. The Labute approximate surface area is 219 Å². The van der Waals surface area contributed by atoms with E-state index in [2.05, 4.69) is 28.9 Å². The van der Waals surface area contributed by atoms with E-state index in [-0.39, 0.29) is 23.9 Å². The Morgan fingerprint density at radius 2 is 1.92 bits per heavy atom. The van der Waals surface area contributed by atoms with Crippen molar-refractivity contribution in [2.24, 2.45) is 0 Å². The van der Waals surface area contributed by atoms with E-state index in [1.54, 1.807) is 6.33 Å². The average molecular weight is 507 g/mol. The Morgan fingerprint density at radius 3 is 2.62 bits per heavy atom.